The first kappa shape index (κ1) is 8.11. The van der Waals surface area contributed by atoms with Gasteiger partial charge >= 0.3 is 0 Å². The quantitative estimate of drug-likeness (QED) is 0.660. The fourth-order valence-corrected chi connectivity index (χ4v) is 1.81. The van der Waals surface area contributed by atoms with Gasteiger partial charge < -0.3 is 4.57 Å². The van der Waals surface area contributed by atoms with Crippen LogP contribution in [-0.4, -0.2) is 9.55 Å². The number of alkyl halides is 1. The Bertz CT molecular complexity index is 253. The SMILES string of the molecule is ClCc1nccn1CC1CCC1. The topological polar surface area (TPSA) is 17.8 Å². The molecule has 1 fully saturated rings. The van der Waals surface area contributed by atoms with E-state index in [9.17, 15) is 0 Å². The van der Waals surface area contributed by atoms with Crippen LogP contribution >= 0.6 is 11.6 Å². The number of imidazole rings is 1. The zero-order valence-electron chi connectivity index (χ0n) is 7.04. The van der Waals surface area contributed by atoms with E-state index in [4.69, 9.17) is 11.6 Å². The molecule has 3 heteroatoms. The summed E-state index contributed by atoms with van der Waals surface area (Å²) in [4.78, 5) is 4.18. The summed E-state index contributed by atoms with van der Waals surface area (Å²) in [5.41, 5.74) is 0. The Hall–Kier alpha value is -0.500. The van der Waals surface area contributed by atoms with Crippen molar-refractivity contribution in [3.05, 3.63) is 18.2 Å². The highest BCUT2D eigenvalue weighted by Gasteiger charge is 2.18. The van der Waals surface area contributed by atoms with Gasteiger partial charge in [0.15, 0.2) is 0 Å². The number of hydrogen-bond donors (Lipinski definition) is 0. The van der Waals surface area contributed by atoms with Crippen LogP contribution in [0.2, 0.25) is 0 Å². The normalized spacial score (nSPS) is 17.8. The van der Waals surface area contributed by atoms with E-state index in [-0.39, 0.29) is 0 Å². The van der Waals surface area contributed by atoms with Crippen LogP contribution in [0.3, 0.4) is 0 Å². The third kappa shape index (κ3) is 1.48. The molecule has 1 saturated carbocycles. The Morgan fingerprint density at radius 3 is 3.00 bits per heavy atom. The lowest BCUT2D eigenvalue weighted by Gasteiger charge is -2.26. The van der Waals surface area contributed by atoms with Gasteiger partial charge in [0.1, 0.15) is 5.82 Å². The zero-order chi connectivity index (χ0) is 8.39. The maximum absolute atomic E-state index is 5.73. The second-order valence-electron chi connectivity index (χ2n) is 3.43. The van der Waals surface area contributed by atoms with Gasteiger partial charge in [-0.3, -0.25) is 0 Å². The first-order valence-electron chi connectivity index (χ1n) is 4.46. The maximum Gasteiger partial charge on any atom is 0.123 e. The summed E-state index contributed by atoms with van der Waals surface area (Å²) >= 11 is 5.73. The van der Waals surface area contributed by atoms with Gasteiger partial charge in [-0.2, -0.15) is 0 Å². The molecule has 1 aliphatic carbocycles. The Balaban J connectivity index is 2.00. The van der Waals surface area contributed by atoms with Gasteiger partial charge in [0.2, 0.25) is 0 Å². The molecule has 1 aromatic heterocycles. The van der Waals surface area contributed by atoms with Gasteiger partial charge in [-0.25, -0.2) is 4.98 Å². The van der Waals surface area contributed by atoms with Crippen LogP contribution in [0.5, 0.6) is 0 Å². The van der Waals surface area contributed by atoms with Crippen LogP contribution in [0.25, 0.3) is 0 Å². The van der Waals surface area contributed by atoms with Crippen LogP contribution in [0.15, 0.2) is 12.4 Å². The van der Waals surface area contributed by atoms with Crippen molar-refractivity contribution in [3.63, 3.8) is 0 Å². The molecule has 12 heavy (non-hydrogen) atoms. The minimum atomic E-state index is 0.528. The van der Waals surface area contributed by atoms with Gasteiger partial charge in [-0.1, -0.05) is 6.42 Å². The van der Waals surface area contributed by atoms with E-state index in [2.05, 4.69) is 9.55 Å². The Labute approximate surface area is 77.6 Å². The van der Waals surface area contributed by atoms with Gasteiger partial charge in [-0.15, -0.1) is 11.6 Å². The fourth-order valence-electron chi connectivity index (χ4n) is 1.59. The maximum atomic E-state index is 5.73. The van der Waals surface area contributed by atoms with Crippen LogP contribution in [0, 0.1) is 5.92 Å². The molecule has 0 N–H and O–H groups in total. The van der Waals surface area contributed by atoms with Crippen molar-refractivity contribution in [1.82, 2.24) is 9.55 Å². The van der Waals surface area contributed by atoms with Crippen molar-refractivity contribution < 1.29 is 0 Å². The standard InChI is InChI=1S/C9H13ClN2/c10-6-9-11-4-5-12(9)7-8-2-1-3-8/h4-5,8H,1-3,6-7H2. The predicted molar refractivity (Wildman–Crippen MR) is 49.1 cm³/mol. The average molecular weight is 185 g/mol. The Kier molecular flexibility index (Phi) is 2.35. The monoisotopic (exact) mass is 184 g/mol. The van der Waals surface area contributed by atoms with Crippen molar-refractivity contribution in [2.75, 3.05) is 0 Å². The molecule has 0 bridgehead atoms. The van der Waals surface area contributed by atoms with Gasteiger partial charge in [-0.05, 0) is 18.8 Å². The molecule has 0 spiro atoms. The number of halogens is 1. The number of rotatable bonds is 3. The largest absolute Gasteiger partial charge is 0.334 e. The summed E-state index contributed by atoms with van der Waals surface area (Å²) in [7, 11) is 0. The van der Waals surface area contributed by atoms with Gasteiger partial charge in [0.25, 0.3) is 0 Å². The van der Waals surface area contributed by atoms with Crippen LogP contribution in [0.4, 0.5) is 0 Å². The first-order chi connectivity index (χ1) is 5.90. The molecular weight excluding hydrogens is 172 g/mol. The lowest BCUT2D eigenvalue weighted by Crippen LogP contribution is -2.18. The van der Waals surface area contributed by atoms with E-state index >= 15 is 0 Å². The van der Waals surface area contributed by atoms with Gasteiger partial charge in [0.05, 0.1) is 5.88 Å². The molecule has 0 aromatic carbocycles. The molecule has 0 saturated heterocycles. The van der Waals surface area contributed by atoms with Crippen LogP contribution in [-0.2, 0) is 12.4 Å². The van der Waals surface area contributed by atoms with Crippen molar-refractivity contribution in [2.24, 2.45) is 5.92 Å². The first-order valence-corrected chi connectivity index (χ1v) is 4.99. The molecule has 0 unspecified atom stereocenters. The summed E-state index contributed by atoms with van der Waals surface area (Å²) in [6, 6.07) is 0. The summed E-state index contributed by atoms with van der Waals surface area (Å²) in [5, 5.41) is 0. The highest BCUT2D eigenvalue weighted by atomic mass is 35.5. The van der Waals surface area contributed by atoms with E-state index in [1.54, 1.807) is 0 Å². The van der Waals surface area contributed by atoms with Crippen LogP contribution in [0.1, 0.15) is 25.1 Å². The molecule has 0 aliphatic heterocycles. The molecule has 0 radical (unpaired) electrons. The highest BCUT2D eigenvalue weighted by Crippen LogP contribution is 2.28. The predicted octanol–water partition coefficient (Wildman–Crippen LogP) is 2.42. The molecule has 2 rings (SSSR count). The molecule has 66 valence electrons. The van der Waals surface area contributed by atoms with E-state index in [0.717, 1.165) is 18.3 Å². The summed E-state index contributed by atoms with van der Waals surface area (Å²) in [6.45, 7) is 1.11. The second kappa shape index (κ2) is 3.48. The smallest absolute Gasteiger partial charge is 0.123 e. The highest BCUT2D eigenvalue weighted by molar-refractivity contribution is 6.16. The average Bonchev–Trinajstić information content (AvgIpc) is 2.43. The van der Waals surface area contributed by atoms with Crippen molar-refractivity contribution in [3.8, 4) is 0 Å². The summed E-state index contributed by atoms with van der Waals surface area (Å²) in [5.74, 6) is 2.41. The van der Waals surface area contributed by atoms with E-state index in [1.807, 2.05) is 12.4 Å². The third-order valence-corrected chi connectivity index (χ3v) is 2.84. The summed E-state index contributed by atoms with van der Waals surface area (Å²) < 4.78 is 2.18. The molecule has 1 heterocycles. The Morgan fingerprint density at radius 2 is 2.42 bits per heavy atom. The minimum absolute atomic E-state index is 0.528. The van der Waals surface area contributed by atoms with Crippen LogP contribution < -0.4 is 0 Å². The molecule has 1 aliphatic rings. The molecule has 2 nitrogen and oxygen atoms in total. The van der Waals surface area contributed by atoms with Crippen molar-refractivity contribution in [1.29, 1.82) is 0 Å². The minimum Gasteiger partial charge on any atom is -0.334 e. The molecular formula is C9H13ClN2. The van der Waals surface area contributed by atoms with Gasteiger partial charge in [0, 0.05) is 18.9 Å². The van der Waals surface area contributed by atoms with E-state index in [0.29, 0.717) is 5.88 Å². The summed E-state index contributed by atoms with van der Waals surface area (Å²) in [6.07, 6.45) is 8.00. The second-order valence-corrected chi connectivity index (χ2v) is 3.69. The van der Waals surface area contributed by atoms with E-state index in [1.165, 1.54) is 19.3 Å². The van der Waals surface area contributed by atoms with E-state index < -0.39 is 0 Å². The van der Waals surface area contributed by atoms with Crippen molar-refractivity contribution in [2.45, 2.75) is 31.7 Å². The molecule has 0 atom stereocenters. The lowest BCUT2D eigenvalue weighted by atomic mass is 9.85. The number of nitrogens with zero attached hydrogens (tertiary/aromatic N) is 2. The molecule has 1 aromatic rings. The number of hydrogen-bond acceptors (Lipinski definition) is 1. The lowest BCUT2D eigenvalue weighted by molar-refractivity contribution is 0.274. The zero-order valence-corrected chi connectivity index (χ0v) is 7.80. The third-order valence-electron chi connectivity index (χ3n) is 2.60. The number of aromatic nitrogens is 2. The fraction of sp³-hybridized carbons (Fsp3) is 0.667. The Morgan fingerprint density at radius 1 is 1.58 bits per heavy atom. The van der Waals surface area contributed by atoms with Crippen molar-refractivity contribution >= 4 is 11.6 Å². The molecule has 0 amide bonds.